The molecule has 0 radical (unpaired) electrons. The zero-order chi connectivity index (χ0) is 19.8. The van der Waals surface area contributed by atoms with Crippen molar-refractivity contribution in [3.8, 4) is 23.7 Å². The van der Waals surface area contributed by atoms with Crippen molar-refractivity contribution >= 4 is 15.7 Å². The van der Waals surface area contributed by atoms with E-state index in [9.17, 15) is 18.0 Å². The molecule has 1 aromatic rings. The minimum absolute atomic E-state index is 0.0418. The fraction of sp³-hybridized carbons (Fsp3) is 0.412. The third-order valence-electron chi connectivity index (χ3n) is 3.82. The first kappa shape index (κ1) is 21.5. The molecule has 140 valence electrons. The lowest BCUT2D eigenvalue weighted by molar-refractivity contribution is -0.131. The highest BCUT2D eigenvalue weighted by molar-refractivity contribution is 7.92. The van der Waals surface area contributed by atoms with Gasteiger partial charge >= 0.3 is 0 Å². The van der Waals surface area contributed by atoms with Gasteiger partial charge in [0.15, 0.2) is 14.6 Å². The number of amides is 1. The van der Waals surface area contributed by atoms with Crippen LogP contribution >= 0.6 is 0 Å². The van der Waals surface area contributed by atoms with E-state index in [4.69, 9.17) is 10.3 Å². The number of hydrogen-bond acceptors (Lipinski definition) is 6. The normalized spacial score (nSPS) is 12.8. The number of aliphatic hydroxyl groups excluding tert-OH is 1. The third-order valence-corrected chi connectivity index (χ3v) is 5.85. The molecule has 0 aliphatic carbocycles. The number of aryl methyl sites for hydroxylation is 1. The maximum Gasteiger partial charge on any atom is 0.264 e. The van der Waals surface area contributed by atoms with Crippen molar-refractivity contribution in [3.05, 3.63) is 34.2 Å². The van der Waals surface area contributed by atoms with Crippen LogP contribution in [0.3, 0.4) is 0 Å². The summed E-state index contributed by atoms with van der Waals surface area (Å²) < 4.78 is 23.2. The van der Waals surface area contributed by atoms with Gasteiger partial charge in [0.05, 0.1) is 6.61 Å². The molecule has 1 atom stereocenters. The fourth-order valence-corrected chi connectivity index (χ4v) is 2.80. The zero-order valence-corrected chi connectivity index (χ0v) is 15.3. The Kier molecular flexibility index (Phi) is 7.59. The van der Waals surface area contributed by atoms with E-state index < -0.39 is 26.1 Å². The summed E-state index contributed by atoms with van der Waals surface area (Å²) in [6.07, 6.45) is 2.45. The second-order valence-corrected chi connectivity index (χ2v) is 8.11. The van der Waals surface area contributed by atoms with Crippen LogP contribution in [0.5, 0.6) is 0 Å². The molecule has 0 spiro atoms. The first-order chi connectivity index (χ1) is 12.2. The standard InChI is InChI=1S/C17H20N2O6S/c1-17(16(22)18-23,26(2,24)25)9-11-19-10-8-14(13-15(19)21)7-5-3-4-6-12-20/h8,10,13,20,23H,6,9,11-12H2,1-2H3,(H,18,22). The molecule has 26 heavy (non-hydrogen) atoms. The maximum absolute atomic E-state index is 12.1. The number of hydroxylamine groups is 1. The van der Waals surface area contributed by atoms with E-state index in [-0.39, 0.29) is 19.6 Å². The lowest BCUT2D eigenvalue weighted by Gasteiger charge is -2.25. The van der Waals surface area contributed by atoms with Crippen LogP contribution in [-0.2, 0) is 21.2 Å². The summed E-state index contributed by atoms with van der Waals surface area (Å²) in [6, 6.07) is 2.83. The Labute approximate surface area is 151 Å². The van der Waals surface area contributed by atoms with E-state index in [1.807, 2.05) is 0 Å². The molecule has 1 aromatic heterocycles. The fourth-order valence-electron chi connectivity index (χ4n) is 1.96. The van der Waals surface area contributed by atoms with Gasteiger partial charge in [0.25, 0.3) is 11.5 Å². The Morgan fingerprint density at radius 2 is 2.08 bits per heavy atom. The molecular formula is C17H20N2O6S. The highest BCUT2D eigenvalue weighted by Gasteiger charge is 2.43. The average molecular weight is 380 g/mol. The molecule has 0 bridgehead atoms. The van der Waals surface area contributed by atoms with Crippen LogP contribution < -0.4 is 11.0 Å². The van der Waals surface area contributed by atoms with Gasteiger partial charge in [0.1, 0.15) is 0 Å². The molecule has 8 nitrogen and oxygen atoms in total. The molecular weight excluding hydrogens is 360 g/mol. The summed E-state index contributed by atoms with van der Waals surface area (Å²) in [5.41, 5.74) is 1.38. The summed E-state index contributed by atoms with van der Waals surface area (Å²) in [5, 5.41) is 17.4. The number of nitrogens with zero attached hydrogens (tertiary/aromatic N) is 1. The van der Waals surface area contributed by atoms with Crippen molar-refractivity contribution in [2.24, 2.45) is 0 Å². The van der Waals surface area contributed by atoms with Crippen LogP contribution in [0.4, 0.5) is 0 Å². The van der Waals surface area contributed by atoms with E-state index in [2.05, 4.69) is 23.7 Å². The number of pyridine rings is 1. The lowest BCUT2D eigenvalue weighted by atomic mass is 10.1. The van der Waals surface area contributed by atoms with Crippen LogP contribution in [0, 0.1) is 23.7 Å². The van der Waals surface area contributed by atoms with Gasteiger partial charge < -0.3 is 9.67 Å². The molecule has 3 N–H and O–H groups in total. The molecule has 1 heterocycles. The number of sulfone groups is 1. The van der Waals surface area contributed by atoms with Gasteiger partial charge in [0, 0.05) is 37.0 Å². The number of hydrogen-bond donors (Lipinski definition) is 3. The first-order valence-corrected chi connectivity index (χ1v) is 9.49. The van der Waals surface area contributed by atoms with Gasteiger partial charge in [0.2, 0.25) is 0 Å². The minimum Gasteiger partial charge on any atom is -0.395 e. The Morgan fingerprint density at radius 3 is 2.62 bits per heavy atom. The van der Waals surface area contributed by atoms with E-state index in [0.717, 1.165) is 6.26 Å². The summed E-state index contributed by atoms with van der Waals surface area (Å²) >= 11 is 0. The highest BCUT2D eigenvalue weighted by Crippen LogP contribution is 2.21. The molecule has 9 heteroatoms. The van der Waals surface area contributed by atoms with Gasteiger partial charge in [-0.2, -0.15) is 0 Å². The molecule has 1 unspecified atom stereocenters. The summed E-state index contributed by atoms with van der Waals surface area (Å²) in [7, 11) is -3.83. The van der Waals surface area contributed by atoms with Crippen molar-refractivity contribution in [3.63, 3.8) is 0 Å². The topological polar surface area (TPSA) is 126 Å². The predicted octanol–water partition coefficient (Wildman–Crippen LogP) is -0.716. The van der Waals surface area contributed by atoms with Crippen LogP contribution in [0.1, 0.15) is 25.3 Å². The first-order valence-electron chi connectivity index (χ1n) is 7.60. The highest BCUT2D eigenvalue weighted by atomic mass is 32.2. The quantitative estimate of drug-likeness (QED) is 0.340. The Hall–Kier alpha value is -2.59. The van der Waals surface area contributed by atoms with E-state index in [1.54, 1.807) is 6.07 Å². The number of carbonyl (C=O) groups is 1. The Morgan fingerprint density at radius 1 is 1.38 bits per heavy atom. The van der Waals surface area contributed by atoms with Gasteiger partial charge in [-0.15, -0.1) is 0 Å². The molecule has 0 aromatic carbocycles. The van der Waals surface area contributed by atoms with Crippen LogP contribution in [0.2, 0.25) is 0 Å². The van der Waals surface area contributed by atoms with Crippen LogP contribution in [0.25, 0.3) is 0 Å². The Balaban J connectivity index is 2.97. The molecule has 0 saturated carbocycles. The molecule has 0 aliphatic heterocycles. The maximum atomic E-state index is 12.1. The predicted molar refractivity (Wildman–Crippen MR) is 94.9 cm³/mol. The average Bonchev–Trinajstić information content (AvgIpc) is 2.58. The summed E-state index contributed by atoms with van der Waals surface area (Å²) in [6.45, 7) is 1.09. The van der Waals surface area contributed by atoms with Crippen LogP contribution in [0.15, 0.2) is 23.1 Å². The molecule has 1 rings (SSSR count). The van der Waals surface area contributed by atoms with Crippen molar-refractivity contribution in [1.82, 2.24) is 10.0 Å². The molecule has 0 saturated heterocycles. The van der Waals surface area contributed by atoms with E-state index in [1.165, 1.54) is 29.2 Å². The summed E-state index contributed by atoms with van der Waals surface area (Å²) in [5.74, 6) is 9.34. The van der Waals surface area contributed by atoms with Crippen LogP contribution in [-0.4, -0.2) is 46.8 Å². The second kappa shape index (κ2) is 9.20. The molecule has 0 aliphatic rings. The van der Waals surface area contributed by atoms with Gasteiger partial charge in [-0.1, -0.05) is 11.8 Å². The van der Waals surface area contributed by atoms with Crippen molar-refractivity contribution in [1.29, 1.82) is 0 Å². The SMILES string of the molecule is CC(CCn1ccc(C#CC#CCCO)cc1=O)(C(=O)NO)S(C)(=O)=O. The van der Waals surface area contributed by atoms with Gasteiger partial charge in [-0.25, -0.2) is 13.9 Å². The number of aromatic nitrogens is 1. The van der Waals surface area contributed by atoms with E-state index in [0.29, 0.717) is 12.0 Å². The molecule has 1 amide bonds. The number of aliphatic hydroxyl groups is 1. The number of carbonyl (C=O) groups excluding carboxylic acids is 1. The monoisotopic (exact) mass is 380 g/mol. The zero-order valence-electron chi connectivity index (χ0n) is 14.4. The lowest BCUT2D eigenvalue weighted by Crippen LogP contribution is -2.49. The van der Waals surface area contributed by atoms with E-state index >= 15 is 0 Å². The molecule has 0 fully saturated rings. The summed E-state index contributed by atoms with van der Waals surface area (Å²) in [4.78, 5) is 23.9. The van der Waals surface area contributed by atoms with Gasteiger partial charge in [-0.05, 0) is 31.3 Å². The smallest absolute Gasteiger partial charge is 0.264 e. The minimum atomic E-state index is -3.83. The number of rotatable bonds is 6. The Bertz CT molecular complexity index is 943. The van der Waals surface area contributed by atoms with Crippen molar-refractivity contribution in [2.75, 3.05) is 12.9 Å². The number of nitrogens with one attached hydrogen (secondary N) is 1. The largest absolute Gasteiger partial charge is 0.395 e. The van der Waals surface area contributed by atoms with Crippen molar-refractivity contribution in [2.45, 2.75) is 31.1 Å². The van der Waals surface area contributed by atoms with Gasteiger partial charge in [-0.3, -0.25) is 14.8 Å². The van der Waals surface area contributed by atoms with Crippen molar-refractivity contribution < 1.29 is 23.5 Å². The second-order valence-electron chi connectivity index (χ2n) is 5.67. The third kappa shape index (κ3) is 5.46.